The monoisotopic (exact) mass is 344 g/mol. The summed E-state index contributed by atoms with van der Waals surface area (Å²) in [7, 11) is -2.92. The number of ether oxygens (including phenoxy) is 1. The molecule has 2 aliphatic heterocycles. The van der Waals surface area contributed by atoms with Crippen LogP contribution in [0.4, 0.5) is 0 Å². The molecule has 132 valence electrons. The molecule has 23 heavy (non-hydrogen) atoms. The van der Waals surface area contributed by atoms with Gasteiger partial charge in [-0.25, -0.2) is 8.42 Å². The first-order chi connectivity index (χ1) is 11.0. The van der Waals surface area contributed by atoms with Gasteiger partial charge in [0.05, 0.1) is 36.8 Å². The molecule has 2 heterocycles. The predicted octanol–water partition coefficient (Wildman–Crippen LogP) is 0.665. The number of fused-ring (bicyclic) bond motifs is 1. The molecule has 0 aromatic carbocycles. The lowest BCUT2D eigenvalue weighted by Gasteiger charge is -2.44. The van der Waals surface area contributed by atoms with Crippen molar-refractivity contribution in [3.8, 4) is 0 Å². The highest BCUT2D eigenvalue weighted by atomic mass is 32.2. The van der Waals surface area contributed by atoms with E-state index in [0.717, 1.165) is 19.3 Å². The quantitative estimate of drug-likeness (QED) is 0.750. The number of carbonyl (C=O) groups is 1. The number of carbonyl (C=O) groups excluding carboxylic acids is 1. The lowest BCUT2D eigenvalue weighted by Crippen LogP contribution is -2.57. The number of hydrogen-bond donors (Lipinski definition) is 0. The first-order valence-corrected chi connectivity index (χ1v) is 10.7. The Bertz CT molecular complexity index is 534. The molecule has 6 nitrogen and oxygen atoms in total. The van der Waals surface area contributed by atoms with Crippen molar-refractivity contribution in [2.45, 2.75) is 57.2 Å². The Kier molecular flexibility index (Phi) is 5.28. The van der Waals surface area contributed by atoms with Crippen LogP contribution < -0.4 is 0 Å². The van der Waals surface area contributed by atoms with E-state index in [1.165, 1.54) is 6.42 Å². The van der Waals surface area contributed by atoms with E-state index in [2.05, 4.69) is 0 Å². The van der Waals surface area contributed by atoms with Crippen LogP contribution in [0.1, 0.15) is 39.0 Å². The lowest BCUT2D eigenvalue weighted by molar-refractivity contribution is -0.151. The third-order valence-corrected chi connectivity index (χ3v) is 7.27. The molecule has 0 bridgehead atoms. The molecule has 0 radical (unpaired) electrons. The topological polar surface area (TPSA) is 66.9 Å². The normalized spacial score (nSPS) is 33.7. The van der Waals surface area contributed by atoms with Crippen LogP contribution in [-0.2, 0) is 19.4 Å². The van der Waals surface area contributed by atoms with Crippen LogP contribution in [0, 0.1) is 0 Å². The third kappa shape index (κ3) is 3.88. The fourth-order valence-electron chi connectivity index (χ4n) is 4.23. The molecule has 0 aromatic heterocycles. The predicted molar refractivity (Wildman–Crippen MR) is 88.0 cm³/mol. The molecular weight excluding hydrogens is 316 g/mol. The Labute approximate surface area is 139 Å². The van der Waals surface area contributed by atoms with Gasteiger partial charge in [0, 0.05) is 12.6 Å². The zero-order chi connectivity index (χ0) is 16.4. The van der Waals surface area contributed by atoms with E-state index in [1.54, 1.807) is 0 Å². The second-order valence-electron chi connectivity index (χ2n) is 6.97. The van der Waals surface area contributed by atoms with Crippen LogP contribution in [0.5, 0.6) is 0 Å². The van der Waals surface area contributed by atoms with E-state index >= 15 is 0 Å². The molecule has 3 aliphatic rings. The average molecular weight is 344 g/mol. The van der Waals surface area contributed by atoms with Crippen LogP contribution in [-0.4, -0.2) is 80.1 Å². The summed E-state index contributed by atoms with van der Waals surface area (Å²) in [4.78, 5) is 16.9. The second-order valence-corrected chi connectivity index (χ2v) is 9.20. The summed E-state index contributed by atoms with van der Waals surface area (Å²) in [5.74, 6) is 0.588. The van der Waals surface area contributed by atoms with Crippen molar-refractivity contribution in [2.24, 2.45) is 0 Å². The summed E-state index contributed by atoms with van der Waals surface area (Å²) in [5, 5.41) is 0. The molecule has 3 atom stereocenters. The maximum absolute atomic E-state index is 12.8. The minimum atomic E-state index is -2.92. The van der Waals surface area contributed by atoms with Crippen LogP contribution in [0.15, 0.2) is 0 Å². The standard InChI is InChI=1S/C16H28N2O4S/c1-2-17(13-7-10-23(20,21)12-13)11-16(19)18-8-9-22-15-6-4-3-5-14(15)18/h13-15H,2-12H2,1H3/t13-,14-,15-/m1/s1. The summed E-state index contributed by atoms with van der Waals surface area (Å²) in [6.07, 6.45) is 5.27. The van der Waals surface area contributed by atoms with Gasteiger partial charge in [-0.1, -0.05) is 19.8 Å². The number of morpholine rings is 1. The Morgan fingerprint density at radius 1 is 1.26 bits per heavy atom. The highest BCUT2D eigenvalue weighted by molar-refractivity contribution is 7.91. The minimum absolute atomic E-state index is 0.00265. The molecule has 1 amide bonds. The Hall–Kier alpha value is -0.660. The van der Waals surface area contributed by atoms with Gasteiger partial charge in [-0.15, -0.1) is 0 Å². The Balaban J connectivity index is 1.62. The van der Waals surface area contributed by atoms with Gasteiger partial charge in [0.2, 0.25) is 5.91 Å². The van der Waals surface area contributed by atoms with Crippen LogP contribution in [0.25, 0.3) is 0 Å². The molecule has 2 saturated heterocycles. The third-order valence-electron chi connectivity index (χ3n) is 5.52. The molecule has 0 unspecified atom stereocenters. The lowest BCUT2D eigenvalue weighted by atomic mass is 9.90. The van der Waals surface area contributed by atoms with Gasteiger partial charge in [-0.05, 0) is 25.8 Å². The van der Waals surface area contributed by atoms with Crippen molar-refractivity contribution in [3.63, 3.8) is 0 Å². The van der Waals surface area contributed by atoms with Gasteiger partial charge in [0.15, 0.2) is 9.84 Å². The van der Waals surface area contributed by atoms with E-state index in [4.69, 9.17) is 4.74 Å². The molecule has 7 heteroatoms. The van der Waals surface area contributed by atoms with E-state index in [0.29, 0.717) is 32.7 Å². The van der Waals surface area contributed by atoms with E-state index < -0.39 is 9.84 Å². The van der Waals surface area contributed by atoms with Crippen molar-refractivity contribution in [3.05, 3.63) is 0 Å². The molecule has 3 fully saturated rings. The first-order valence-electron chi connectivity index (χ1n) is 8.85. The van der Waals surface area contributed by atoms with Crippen LogP contribution in [0.3, 0.4) is 0 Å². The van der Waals surface area contributed by atoms with Crippen molar-refractivity contribution >= 4 is 15.7 Å². The van der Waals surface area contributed by atoms with Gasteiger partial charge < -0.3 is 9.64 Å². The Morgan fingerprint density at radius 3 is 2.74 bits per heavy atom. The SMILES string of the molecule is CCN(CC(=O)N1CCO[C@@H]2CCCC[C@H]21)[C@@H]1CCS(=O)(=O)C1. The van der Waals surface area contributed by atoms with Gasteiger partial charge in [-0.3, -0.25) is 9.69 Å². The average Bonchev–Trinajstić information content (AvgIpc) is 2.91. The highest BCUT2D eigenvalue weighted by Gasteiger charge is 2.38. The minimum Gasteiger partial charge on any atom is -0.374 e. The zero-order valence-electron chi connectivity index (χ0n) is 13.9. The number of nitrogens with zero attached hydrogens (tertiary/aromatic N) is 2. The van der Waals surface area contributed by atoms with Gasteiger partial charge in [-0.2, -0.15) is 0 Å². The van der Waals surface area contributed by atoms with Gasteiger partial charge >= 0.3 is 0 Å². The fraction of sp³-hybridized carbons (Fsp3) is 0.938. The fourth-order valence-corrected chi connectivity index (χ4v) is 5.99. The number of hydrogen-bond acceptors (Lipinski definition) is 5. The van der Waals surface area contributed by atoms with Gasteiger partial charge in [0.25, 0.3) is 0 Å². The number of sulfone groups is 1. The molecule has 0 N–H and O–H groups in total. The maximum Gasteiger partial charge on any atom is 0.237 e. The summed E-state index contributed by atoms with van der Waals surface area (Å²) in [6.45, 7) is 4.34. The van der Waals surface area contributed by atoms with E-state index in [-0.39, 0.29) is 35.6 Å². The molecular formula is C16H28N2O4S. The second kappa shape index (κ2) is 7.07. The highest BCUT2D eigenvalue weighted by Crippen LogP contribution is 2.28. The van der Waals surface area contributed by atoms with Crippen molar-refractivity contribution < 1.29 is 17.9 Å². The van der Waals surface area contributed by atoms with Crippen molar-refractivity contribution in [1.29, 1.82) is 0 Å². The summed E-state index contributed by atoms with van der Waals surface area (Å²) >= 11 is 0. The first kappa shape index (κ1) is 17.2. The summed E-state index contributed by atoms with van der Waals surface area (Å²) < 4.78 is 29.2. The Morgan fingerprint density at radius 2 is 2.04 bits per heavy atom. The molecule has 0 aromatic rings. The molecule has 0 spiro atoms. The van der Waals surface area contributed by atoms with Crippen molar-refractivity contribution in [1.82, 2.24) is 9.80 Å². The van der Waals surface area contributed by atoms with Crippen LogP contribution in [0.2, 0.25) is 0 Å². The van der Waals surface area contributed by atoms with Crippen LogP contribution >= 0.6 is 0 Å². The molecule has 1 aliphatic carbocycles. The summed E-state index contributed by atoms with van der Waals surface area (Å²) in [6, 6.07) is 0.216. The smallest absolute Gasteiger partial charge is 0.237 e. The van der Waals surface area contributed by atoms with Crippen molar-refractivity contribution in [2.75, 3.05) is 37.7 Å². The largest absolute Gasteiger partial charge is 0.374 e. The number of amides is 1. The summed E-state index contributed by atoms with van der Waals surface area (Å²) in [5.41, 5.74) is 0. The molecule has 3 rings (SSSR count). The van der Waals surface area contributed by atoms with Gasteiger partial charge in [0.1, 0.15) is 0 Å². The number of likely N-dealkylation sites (N-methyl/N-ethyl adjacent to an activating group) is 1. The van der Waals surface area contributed by atoms with E-state index in [1.807, 2.05) is 16.7 Å². The maximum atomic E-state index is 12.8. The molecule has 1 saturated carbocycles. The number of rotatable bonds is 4. The zero-order valence-corrected chi connectivity index (χ0v) is 14.8. The van der Waals surface area contributed by atoms with E-state index in [9.17, 15) is 13.2 Å².